The van der Waals surface area contributed by atoms with E-state index in [1.54, 1.807) is 6.07 Å². The lowest BCUT2D eigenvalue weighted by molar-refractivity contribution is 0.0950. The first-order valence-corrected chi connectivity index (χ1v) is 6.07. The minimum Gasteiger partial charge on any atom is -0.355 e. The normalized spacial score (nSPS) is 9.53. The van der Waals surface area contributed by atoms with Crippen LogP contribution in [-0.2, 0) is 0 Å². The van der Waals surface area contributed by atoms with Gasteiger partial charge in [0.05, 0.1) is 6.54 Å². The standard InChI is InChI=1S/C15H14N2O2/c1-2-3-7-10-16-15(18)13-11-14(19-17-13)12-8-5-4-6-9-12/h4-6,8-9,11H,2,10H2,1H3,(H,16,18). The van der Waals surface area contributed by atoms with Crippen molar-refractivity contribution in [3.8, 4) is 23.2 Å². The largest absolute Gasteiger partial charge is 0.355 e. The molecule has 0 radical (unpaired) electrons. The first kappa shape index (κ1) is 12.9. The molecule has 4 nitrogen and oxygen atoms in total. The number of carbonyl (C=O) groups excluding carboxylic acids is 1. The molecule has 1 aromatic heterocycles. The molecule has 0 spiro atoms. The lowest BCUT2D eigenvalue weighted by atomic mass is 10.1. The second-order valence-corrected chi connectivity index (χ2v) is 3.83. The van der Waals surface area contributed by atoms with E-state index in [2.05, 4.69) is 22.3 Å². The summed E-state index contributed by atoms with van der Waals surface area (Å²) in [6.45, 7) is 2.28. The van der Waals surface area contributed by atoms with Gasteiger partial charge in [0, 0.05) is 18.1 Å². The summed E-state index contributed by atoms with van der Waals surface area (Å²) in [5.74, 6) is 6.00. The molecule has 0 unspecified atom stereocenters. The zero-order valence-electron chi connectivity index (χ0n) is 10.6. The maximum Gasteiger partial charge on any atom is 0.274 e. The highest BCUT2D eigenvalue weighted by molar-refractivity contribution is 5.93. The average Bonchev–Trinajstić information content (AvgIpc) is 2.94. The van der Waals surface area contributed by atoms with Gasteiger partial charge in [-0.1, -0.05) is 48.3 Å². The molecule has 0 saturated heterocycles. The summed E-state index contributed by atoms with van der Waals surface area (Å²) in [5.41, 5.74) is 1.15. The minimum absolute atomic E-state index is 0.261. The van der Waals surface area contributed by atoms with Crippen molar-refractivity contribution in [1.29, 1.82) is 0 Å². The lowest BCUT2D eigenvalue weighted by Crippen LogP contribution is -2.23. The molecule has 0 aliphatic rings. The molecule has 0 bridgehead atoms. The molecule has 1 N–H and O–H groups in total. The summed E-state index contributed by atoms with van der Waals surface area (Å²) in [4.78, 5) is 11.8. The van der Waals surface area contributed by atoms with Crippen LogP contribution in [-0.4, -0.2) is 17.6 Å². The van der Waals surface area contributed by atoms with Gasteiger partial charge in [-0.2, -0.15) is 0 Å². The number of nitrogens with one attached hydrogen (secondary N) is 1. The van der Waals surface area contributed by atoms with Gasteiger partial charge in [-0.3, -0.25) is 4.79 Å². The predicted octanol–water partition coefficient (Wildman–Crippen LogP) is 2.48. The van der Waals surface area contributed by atoms with Crippen LogP contribution in [0, 0.1) is 11.8 Å². The summed E-state index contributed by atoms with van der Waals surface area (Å²) in [5, 5.41) is 6.42. The monoisotopic (exact) mass is 254 g/mol. The van der Waals surface area contributed by atoms with E-state index in [4.69, 9.17) is 4.52 Å². The van der Waals surface area contributed by atoms with Crippen molar-refractivity contribution in [2.24, 2.45) is 0 Å². The Hall–Kier alpha value is -2.54. The quantitative estimate of drug-likeness (QED) is 0.856. The Kier molecular flexibility index (Phi) is 4.35. The third-order valence-electron chi connectivity index (χ3n) is 2.44. The van der Waals surface area contributed by atoms with Crippen molar-refractivity contribution < 1.29 is 9.32 Å². The maximum absolute atomic E-state index is 11.8. The number of nitrogens with zero attached hydrogens (tertiary/aromatic N) is 1. The molecule has 1 heterocycles. The van der Waals surface area contributed by atoms with Crippen molar-refractivity contribution >= 4 is 5.91 Å². The molecule has 96 valence electrons. The van der Waals surface area contributed by atoms with Gasteiger partial charge >= 0.3 is 0 Å². The van der Waals surface area contributed by atoms with Gasteiger partial charge in [-0.25, -0.2) is 0 Å². The third kappa shape index (κ3) is 3.46. The zero-order valence-corrected chi connectivity index (χ0v) is 10.6. The van der Waals surface area contributed by atoms with Crippen molar-refractivity contribution in [2.45, 2.75) is 13.3 Å². The number of amides is 1. The number of rotatable bonds is 3. The lowest BCUT2D eigenvalue weighted by Gasteiger charge is -1.94. The summed E-state index contributed by atoms with van der Waals surface area (Å²) in [6.07, 6.45) is 0.776. The fraction of sp³-hybridized carbons (Fsp3) is 0.200. The fourth-order valence-corrected chi connectivity index (χ4v) is 1.52. The Labute approximate surface area is 111 Å². The molecule has 1 aromatic carbocycles. The van der Waals surface area contributed by atoms with Gasteiger partial charge in [0.2, 0.25) is 0 Å². The van der Waals surface area contributed by atoms with Gasteiger partial charge in [-0.05, 0) is 0 Å². The molecule has 0 saturated carbocycles. The molecule has 0 atom stereocenters. The zero-order chi connectivity index (χ0) is 13.5. The van der Waals surface area contributed by atoms with Gasteiger partial charge in [0.15, 0.2) is 11.5 Å². The highest BCUT2D eigenvalue weighted by Crippen LogP contribution is 2.19. The van der Waals surface area contributed by atoms with E-state index in [0.717, 1.165) is 12.0 Å². The van der Waals surface area contributed by atoms with E-state index in [1.807, 2.05) is 37.3 Å². The van der Waals surface area contributed by atoms with Gasteiger partial charge in [-0.15, -0.1) is 5.92 Å². The topological polar surface area (TPSA) is 55.1 Å². The number of hydrogen-bond donors (Lipinski definition) is 1. The van der Waals surface area contributed by atoms with Crippen LogP contribution in [0.4, 0.5) is 0 Å². The molecule has 2 aromatic rings. The van der Waals surface area contributed by atoms with Gasteiger partial charge < -0.3 is 9.84 Å². The van der Waals surface area contributed by atoms with Crippen LogP contribution in [0.15, 0.2) is 40.9 Å². The molecular formula is C15H14N2O2. The van der Waals surface area contributed by atoms with Crippen molar-refractivity contribution in [3.63, 3.8) is 0 Å². The highest BCUT2D eigenvalue weighted by atomic mass is 16.5. The Morgan fingerprint density at radius 3 is 2.84 bits per heavy atom. The SMILES string of the molecule is CCC#CCNC(=O)c1cc(-c2ccccc2)on1. The Morgan fingerprint density at radius 1 is 1.32 bits per heavy atom. The van der Waals surface area contributed by atoms with Gasteiger partial charge in [0.1, 0.15) is 0 Å². The van der Waals surface area contributed by atoms with E-state index in [0.29, 0.717) is 12.3 Å². The molecule has 4 heteroatoms. The van der Waals surface area contributed by atoms with Crippen LogP contribution in [0.3, 0.4) is 0 Å². The molecule has 0 aliphatic heterocycles. The molecule has 0 fully saturated rings. The van der Waals surface area contributed by atoms with Crippen LogP contribution in [0.25, 0.3) is 11.3 Å². The maximum atomic E-state index is 11.8. The minimum atomic E-state index is -0.281. The van der Waals surface area contributed by atoms with E-state index in [1.165, 1.54) is 0 Å². The molecule has 19 heavy (non-hydrogen) atoms. The van der Waals surface area contributed by atoms with Crippen molar-refractivity contribution in [1.82, 2.24) is 10.5 Å². The van der Waals surface area contributed by atoms with Crippen LogP contribution < -0.4 is 5.32 Å². The fourth-order valence-electron chi connectivity index (χ4n) is 1.52. The van der Waals surface area contributed by atoms with Crippen molar-refractivity contribution in [2.75, 3.05) is 6.54 Å². The van der Waals surface area contributed by atoms with Crippen LogP contribution in [0.1, 0.15) is 23.8 Å². The van der Waals surface area contributed by atoms with Crippen LogP contribution >= 0.6 is 0 Å². The molecule has 0 aliphatic carbocycles. The van der Waals surface area contributed by atoms with E-state index < -0.39 is 0 Å². The van der Waals surface area contributed by atoms with E-state index in [-0.39, 0.29) is 11.6 Å². The molecule has 1 amide bonds. The second kappa shape index (κ2) is 6.41. The summed E-state index contributed by atoms with van der Waals surface area (Å²) in [6, 6.07) is 11.1. The first-order valence-electron chi connectivity index (χ1n) is 6.07. The van der Waals surface area contributed by atoms with Crippen LogP contribution in [0.2, 0.25) is 0 Å². The number of aromatic nitrogens is 1. The summed E-state index contributed by atoms with van der Waals surface area (Å²) in [7, 11) is 0. The molecular weight excluding hydrogens is 240 g/mol. The highest BCUT2D eigenvalue weighted by Gasteiger charge is 2.12. The first-order chi connectivity index (χ1) is 9.31. The smallest absolute Gasteiger partial charge is 0.274 e. The Morgan fingerprint density at radius 2 is 2.11 bits per heavy atom. The second-order valence-electron chi connectivity index (χ2n) is 3.83. The van der Waals surface area contributed by atoms with E-state index in [9.17, 15) is 4.79 Å². The number of hydrogen-bond acceptors (Lipinski definition) is 3. The average molecular weight is 254 g/mol. The van der Waals surface area contributed by atoms with E-state index >= 15 is 0 Å². The Balaban J connectivity index is 2.03. The third-order valence-corrected chi connectivity index (χ3v) is 2.44. The number of carbonyl (C=O) groups is 1. The summed E-state index contributed by atoms with van der Waals surface area (Å²) >= 11 is 0. The molecule has 2 rings (SSSR count). The summed E-state index contributed by atoms with van der Waals surface area (Å²) < 4.78 is 5.15. The number of benzene rings is 1. The van der Waals surface area contributed by atoms with Crippen LogP contribution in [0.5, 0.6) is 0 Å². The van der Waals surface area contributed by atoms with Crippen molar-refractivity contribution in [3.05, 3.63) is 42.1 Å². The van der Waals surface area contributed by atoms with Gasteiger partial charge in [0.25, 0.3) is 5.91 Å². The Bertz CT molecular complexity index is 606. The predicted molar refractivity (Wildman–Crippen MR) is 72.3 cm³/mol.